The fourth-order valence-electron chi connectivity index (χ4n) is 2.97. The van der Waals surface area contributed by atoms with Crippen molar-refractivity contribution in [2.45, 2.75) is 39.2 Å². The van der Waals surface area contributed by atoms with Gasteiger partial charge in [0.05, 0.1) is 6.54 Å². The molecule has 0 bridgehead atoms. The number of nitrogens with zero attached hydrogens (tertiary/aromatic N) is 1. The van der Waals surface area contributed by atoms with Crippen LogP contribution in [0.4, 0.5) is 4.79 Å². The SMILES string of the molecule is CCCc1ccc([C@]2(C)NC(=O)N(CC(=O)NCC(=O)NCC)C2=O)cc1. The van der Waals surface area contributed by atoms with Crippen LogP contribution in [-0.2, 0) is 26.3 Å². The summed E-state index contributed by atoms with van der Waals surface area (Å²) in [6.07, 6.45) is 1.96. The number of likely N-dealkylation sites (N-methyl/N-ethyl adjacent to an activating group) is 1. The van der Waals surface area contributed by atoms with Crippen molar-refractivity contribution in [1.82, 2.24) is 20.9 Å². The maximum atomic E-state index is 12.8. The first-order chi connectivity index (χ1) is 12.8. The van der Waals surface area contributed by atoms with E-state index in [0.717, 1.165) is 23.3 Å². The third-order valence-electron chi connectivity index (χ3n) is 4.47. The summed E-state index contributed by atoms with van der Waals surface area (Å²) in [5.41, 5.74) is 0.593. The quantitative estimate of drug-likeness (QED) is 0.581. The number of hydrogen-bond donors (Lipinski definition) is 3. The zero-order chi connectivity index (χ0) is 20.0. The number of hydrogen-bond acceptors (Lipinski definition) is 4. The van der Waals surface area contributed by atoms with E-state index in [9.17, 15) is 19.2 Å². The molecule has 1 saturated heterocycles. The molecule has 1 aromatic rings. The second-order valence-corrected chi connectivity index (χ2v) is 6.62. The lowest BCUT2D eigenvalue weighted by molar-refractivity contribution is -0.135. The molecule has 0 aromatic heterocycles. The molecule has 8 heteroatoms. The number of urea groups is 1. The number of carbonyl (C=O) groups is 4. The van der Waals surface area contributed by atoms with E-state index >= 15 is 0 Å². The molecule has 1 aliphatic rings. The zero-order valence-corrected chi connectivity index (χ0v) is 15.9. The maximum absolute atomic E-state index is 12.8. The second-order valence-electron chi connectivity index (χ2n) is 6.62. The molecule has 2 rings (SSSR count). The number of carbonyl (C=O) groups excluding carboxylic acids is 4. The predicted molar refractivity (Wildman–Crippen MR) is 99.7 cm³/mol. The number of aryl methyl sites for hydroxylation is 1. The van der Waals surface area contributed by atoms with Crippen molar-refractivity contribution in [3.05, 3.63) is 35.4 Å². The van der Waals surface area contributed by atoms with Gasteiger partial charge in [-0.15, -0.1) is 0 Å². The third kappa shape index (κ3) is 4.64. The van der Waals surface area contributed by atoms with Crippen molar-refractivity contribution >= 4 is 23.8 Å². The molecule has 0 saturated carbocycles. The standard InChI is InChI=1S/C19H26N4O4/c1-4-6-13-7-9-14(10-8-13)19(3)17(26)23(18(27)22-19)12-16(25)21-11-15(24)20-5-2/h7-10H,4-6,11-12H2,1-3H3,(H,20,24)(H,21,25)(H,22,27)/t19-/m0/s1. The number of nitrogens with one attached hydrogen (secondary N) is 3. The van der Waals surface area contributed by atoms with Crippen molar-refractivity contribution in [3.63, 3.8) is 0 Å². The van der Waals surface area contributed by atoms with Crippen LogP contribution in [0.5, 0.6) is 0 Å². The molecular formula is C19H26N4O4. The first-order valence-corrected chi connectivity index (χ1v) is 9.08. The van der Waals surface area contributed by atoms with Crippen LogP contribution in [0.3, 0.4) is 0 Å². The highest BCUT2D eigenvalue weighted by Gasteiger charge is 2.49. The van der Waals surface area contributed by atoms with E-state index < -0.39 is 29.9 Å². The van der Waals surface area contributed by atoms with Crippen molar-refractivity contribution in [2.75, 3.05) is 19.6 Å². The van der Waals surface area contributed by atoms with E-state index in [-0.39, 0.29) is 12.5 Å². The molecule has 27 heavy (non-hydrogen) atoms. The second kappa shape index (κ2) is 8.66. The highest BCUT2D eigenvalue weighted by molar-refractivity contribution is 6.09. The van der Waals surface area contributed by atoms with Crippen LogP contribution in [0.15, 0.2) is 24.3 Å². The van der Waals surface area contributed by atoms with Crippen molar-refractivity contribution in [3.8, 4) is 0 Å². The van der Waals surface area contributed by atoms with E-state index in [2.05, 4.69) is 22.9 Å². The summed E-state index contributed by atoms with van der Waals surface area (Å²) in [6.45, 7) is 5.29. The Morgan fingerprint density at radius 3 is 2.33 bits per heavy atom. The molecule has 8 nitrogen and oxygen atoms in total. The monoisotopic (exact) mass is 374 g/mol. The van der Waals surface area contributed by atoms with Gasteiger partial charge in [-0.3, -0.25) is 19.3 Å². The minimum atomic E-state index is -1.22. The average Bonchev–Trinajstić information content (AvgIpc) is 2.85. The van der Waals surface area contributed by atoms with Crippen LogP contribution in [0.25, 0.3) is 0 Å². The lowest BCUT2D eigenvalue weighted by atomic mass is 9.91. The molecule has 5 amide bonds. The number of rotatable bonds is 8. The Kier molecular flexibility index (Phi) is 6.55. The fourth-order valence-corrected chi connectivity index (χ4v) is 2.97. The lowest BCUT2D eigenvalue weighted by Gasteiger charge is -2.22. The van der Waals surface area contributed by atoms with Crippen LogP contribution in [0, 0.1) is 0 Å². The summed E-state index contributed by atoms with van der Waals surface area (Å²) in [5.74, 6) is -1.41. The third-order valence-corrected chi connectivity index (χ3v) is 4.47. The van der Waals surface area contributed by atoms with Crippen LogP contribution >= 0.6 is 0 Å². The van der Waals surface area contributed by atoms with Crippen LogP contribution in [0.2, 0.25) is 0 Å². The summed E-state index contributed by atoms with van der Waals surface area (Å²) >= 11 is 0. The topological polar surface area (TPSA) is 108 Å². The Labute approximate surface area is 158 Å². The molecule has 1 fully saturated rings. The van der Waals surface area contributed by atoms with Crippen LogP contribution in [0.1, 0.15) is 38.3 Å². The van der Waals surface area contributed by atoms with E-state index in [1.807, 2.05) is 24.3 Å². The van der Waals surface area contributed by atoms with Crippen molar-refractivity contribution in [1.29, 1.82) is 0 Å². The van der Waals surface area contributed by atoms with Gasteiger partial charge in [-0.25, -0.2) is 4.79 Å². The predicted octanol–water partition coefficient (Wildman–Crippen LogP) is 0.658. The molecule has 1 aromatic carbocycles. The Morgan fingerprint density at radius 2 is 1.74 bits per heavy atom. The van der Waals surface area contributed by atoms with Crippen LogP contribution < -0.4 is 16.0 Å². The van der Waals surface area contributed by atoms with Crippen molar-refractivity contribution < 1.29 is 19.2 Å². The van der Waals surface area contributed by atoms with Crippen molar-refractivity contribution in [2.24, 2.45) is 0 Å². The Hall–Kier alpha value is -2.90. The molecule has 0 unspecified atom stereocenters. The molecule has 1 atom stereocenters. The van der Waals surface area contributed by atoms with Gasteiger partial charge in [0.2, 0.25) is 11.8 Å². The summed E-state index contributed by atoms with van der Waals surface area (Å²) in [7, 11) is 0. The maximum Gasteiger partial charge on any atom is 0.325 e. The molecule has 3 N–H and O–H groups in total. The largest absolute Gasteiger partial charge is 0.355 e. The highest BCUT2D eigenvalue weighted by atomic mass is 16.2. The molecule has 1 heterocycles. The minimum Gasteiger partial charge on any atom is -0.355 e. The Bertz CT molecular complexity index is 732. The van der Waals surface area contributed by atoms with E-state index in [1.165, 1.54) is 0 Å². The van der Waals surface area contributed by atoms with Crippen LogP contribution in [-0.4, -0.2) is 48.3 Å². The summed E-state index contributed by atoms with van der Waals surface area (Å²) in [4.78, 5) is 49.3. The molecular weight excluding hydrogens is 348 g/mol. The highest BCUT2D eigenvalue weighted by Crippen LogP contribution is 2.29. The number of amides is 5. The number of imide groups is 1. The van der Waals surface area contributed by atoms with Gasteiger partial charge in [-0.2, -0.15) is 0 Å². The first kappa shape index (κ1) is 20.4. The molecule has 1 aliphatic heterocycles. The van der Waals surface area contributed by atoms with E-state index in [4.69, 9.17) is 0 Å². The zero-order valence-electron chi connectivity index (χ0n) is 15.9. The van der Waals surface area contributed by atoms with Gasteiger partial charge >= 0.3 is 6.03 Å². The van der Waals surface area contributed by atoms with Gasteiger partial charge < -0.3 is 16.0 Å². The lowest BCUT2D eigenvalue weighted by Crippen LogP contribution is -2.45. The van der Waals surface area contributed by atoms with Gasteiger partial charge in [0.1, 0.15) is 12.1 Å². The Balaban J connectivity index is 2.04. The van der Waals surface area contributed by atoms with Gasteiger partial charge in [0.15, 0.2) is 0 Å². The minimum absolute atomic E-state index is 0.202. The smallest absolute Gasteiger partial charge is 0.325 e. The summed E-state index contributed by atoms with van der Waals surface area (Å²) in [5, 5.41) is 7.61. The molecule has 0 aliphatic carbocycles. The van der Waals surface area contributed by atoms with E-state index in [1.54, 1.807) is 13.8 Å². The van der Waals surface area contributed by atoms with E-state index in [0.29, 0.717) is 12.1 Å². The average molecular weight is 374 g/mol. The number of benzene rings is 1. The Morgan fingerprint density at radius 1 is 1.07 bits per heavy atom. The van der Waals surface area contributed by atoms with Gasteiger partial charge in [0.25, 0.3) is 5.91 Å². The first-order valence-electron chi connectivity index (χ1n) is 9.08. The molecule has 146 valence electrons. The summed E-state index contributed by atoms with van der Waals surface area (Å²) in [6, 6.07) is 6.88. The molecule has 0 radical (unpaired) electrons. The van der Waals surface area contributed by atoms with Gasteiger partial charge in [0, 0.05) is 6.54 Å². The fraction of sp³-hybridized carbons (Fsp3) is 0.474. The summed E-state index contributed by atoms with van der Waals surface area (Å²) < 4.78 is 0. The van der Waals surface area contributed by atoms with Gasteiger partial charge in [-0.1, -0.05) is 37.6 Å². The molecule has 0 spiro atoms. The van der Waals surface area contributed by atoms with Gasteiger partial charge in [-0.05, 0) is 31.4 Å². The normalized spacial score (nSPS) is 19.0.